The summed E-state index contributed by atoms with van der Waals surface area (Å²) in [5, 5.41) is 13.4. The minimum Gasteiger partial charge on any atom is -0.480 e. The van der Waals surface area contributed by atoms with E-state index in [2.05, 4.69) is 15.4 Å². The van der Waals surface area contributed by atoms with Crippen LogP contribution >= 0.6 is 0 Å². The summed E-state index contributed by atoms with van der Waals surface area (Å²) in [4.78, 5) is 22.3. The van der Waals surface area contributed by atoms with Gasteiger partial charge in [-0.3, -0.25) is 0 Å². The summed E-state index contributed by atoms with van der Waals surface area (Å²) in [6.45, 7) is 1.99. The number of sulfonamides is 1. The summed E-state index contributed by atoms with van der Waals surface area (Å²) in [5.41, 5.74) is 0. The summed E-state index contributed by atoms with van der Waals surface area (Å²) >= 11 is 0. The number of carbonyl (C=O) groups is 2. The Morgan fingerprint density at radius 1 is 1.35 bits per heavy atom. The number of urea groups is 1. The topological polar surface area (TPSA) is 134 Å². The fraction of sp³-hybridized carbons (Fsp3) is 0.800. The zero-order chi connectivity index (χ0) is 15.6. The maximum Gasteiger partial charge on any atom is 0.326 e. The monoisotopic (exact) mass is 311 g/mol. The van der Waals surface area contributed by atoms with Gasteiger partial charge in [0.15, 0.2) is 0 Å². The van der Waals surface area contributed by atoms with E-state index in [4.69, 9.17) is 9.84 Å². The van der Waals surface area contributed by atoms with Gasteiger partial charge in [-0.05, 0) is 0 Å². The minimum absolute atomic E-state index is 0.113. The van der Waals surface area contributed by atoms with Gasteiger partial charge in [0.1, 0.15) is 6.04 Å². The second-order valence-corrected chi connectivity index (χ2v) is 5.82. The molecule has 1 unspecified atom stereocenters. The number of hydrogen-bond acceptors (Lipinski definition) is 5. The highest BCUT2D eigenvalue weighted by Gasteiger charge is 2.19. The molecule has 0 heterocycles. The molecule has 9 nitrogen and oxygen atoms in total. The molecule has 118 valence electrons. The van der Waals surface area contributed by atoms with Gasteiger partial charge in [-0.1, -0.05) is 6.92 Å². The fourth-order valence-electron chi connectivity index (χ4n) is 1.29. The second-order valence-electron chi connectivity index (χ2n) is 3.89. The quantitative estimate of drug-likeness (QED) is 0.397. The lowest BCUT2D eigenvalue weighted by atomic mass is 10.2. The Labute approximate surface area is 118 Å². The molecule has 0 saturated carbocycles. The highest BCUT2D eigenvalue weighted by atomic mass is 32.2. The molecule has 0 radical (unpaired) electrons. The average Bonchev–Trinajstić information content (AvgIpc) is 2.33. The molecule has 0 bridgehead atoms. The molecule has 10 heteroatoms. The molecule has 0 aliphatic heterocycles. The first-order chi connectivity index (χ1) is 9.32. The molecular formula is C10H21N3O6S. The van der Waals surface area contributed by atoms with E-state index in [0.29, 0.717) is 0 Å². The van der Waals surface area contributed by atoms with Crippen LogP contribution in [0.25, 0.3) is 0 Å². The average molecular weight is 311 g/mol. The van der Waals surface area contributed by atoms with Crippen LogP contribution in [0.4, 0.5) is 4.79 Å². The fourth-order valence-corrected chi connectivity index (χ4v) is 2.25. The molecule has 1 atom stereocenters. The maximum atomic E-state index is 11.4. The van der Waals surface area contributed by atoms with Gasteiger partial charge in [-0.2, -0.15) is 0 Å². The summed E-state index contributed by atoms with van der Waals surface area (Å²) < 4.78 is 29.6. The number of amides is 2. The van der Waals surface area contributed by atoms with Gasteiger partial charge in [-0.25, -0.2) is 22.7 Å². The lowest BCUT2D eigenvalue weighted by Crippen LogP contribution is -2.47. The van der Waals surface area contributed by atoms with Crippen LogP contribution in [0.15, 0.2) is 0 Å². The summed E-state index contributed by atoms with van der Waals surface area (Å²) in [5.74, 6) is -1.46. The summed E-state index contributed by atoms with van der Waals surface area (Å²) in [6, 6.07) is -1.82. The SMILES string of the molecule is CCNS(=O)(=O)CCNC(=O)NC(CCOC)C(=O)O. The van der Waals surface area contributed by atoms with Crippen LogP contribution in [0, 0.1) is 0 Å². The molecule has 0 rings (SSSR count). The zero-order valence-electron chi connectivity index (χ0n) is 11.5. The van der Waals surface area contributed by atoms with Crippen molar-refractivity contribution in [1.29, 1.82) is 0 Å². The highest BCUT2D eigenvalue weighted by Crippen LogP contribution is 1.93. The van der Waals surface area contributed by atoms with Crippen molar-refractivity contribution in [1.82, 2.24) is 15.4 Å². The smallest absolute Gasteiger partial charge is 0.326 e. The molecular weight excluding hydrogens is 290 g/mol. The van der Waals surface area contributed by atoms with Crippen molar-refractivity contribution in [3.8, 4) is 0 Å². The number of rotatable bonds is 10. The number of hydrogen-bond donors (Lipinski definition) is 4. The Hall–Kier alpha value is -1.39. The van der Waals surface area contributed by atoms with E-state index >= 15 is 0 Å². The molecule has 0 spiro atoms. The third-order valence-corrected chi connectivity index (χ3v) is 3.70. The third kappa shape index (κ3) is 8.67. The van der Waals surface area contributed by atoms with Gasteiger partial charge in [0.2, 0.25) is 10.0 Å². The van der Waals surface area contributed by atoms with Crippen molar-refractivity contribution in [2.75, 3.05) is 32.6 Å². The highest BCUT2D eigenvalue weighted by molar-refractivity contribution is 7.89. The third-order valence-electron chi connectivity index (χ3n) is 2.23. The standard InChI is InChI=1S/C10H21N3O6S/c1-3-12-20(17,18)7-5-11-10(16)13-8(9(14)15)4-6-19-2/h8,12H,3-7H2,1-2H3,(H,14,15)(H2,11,13,16). The lowest BCUT2D eigenvalue weighted by Gasteiger charge is -2.14. The van der Waals surface area contributed by atoms with Gasteiger partial charge < -0.3 is 20.5 Å². The Morgan fingerprint density at radius 2 is 2.00 bits per heavy atom. The van der Waals surface area contributed by atoms with E-state index in [-0.39, 0.29) is 31.9 Å². The molecule has 0 aromatic heterocycles. The number of nitrogens with one attached hydrogen (secondary N) is 3. The first-order valence-corrected chi connectivity index (χ1v) is 7.71. The Kier molecular flexibility index (Phi) is 8.84. The lowest BCUT2D eigenvalue weighted by molar-refractivity contribution is -0.139. The number of ether oxygens (including phenoxy) is 1. The van der Waals surface area contributed by atoms with E-state index in [1.165, 1.54) is 7.11 Å². The Morgan fingerprint density at radius 3 is 2.50 bits per heavy atom. The van der Waals surface area contributed by atoms with Gasteiger partial charge in [-0.15, -0.1) is 0 Å². The molecule has 0 aromatic rings. The van der Waals surface area contributed by atoms with Crippen molar-refractivity contribution in [3.63, 3.8) is 0 Å². The maximum absolute atomic E-state index is 11.4. The van der Waals surface area contributed by atoms with Crippen LogP contribution in [0.3, 0.4) is 0 Å². The minimum atomic E-state index is -3.42. The second kappa shape index (κ2) is 9.50. The predicted octanol–water partition coefficient (Wildman–Crippen LogP) is -1.29. The molecule has 0 aliphatic rings. The first-order valence-electron chi connectivity index (χ1n) is 6.05. The van der Waals surface area contributed by atoms with Crippen molar-refractivity contribution < 1.29 is 27.9 Å². The van der Waals surface area contributed by atoms with E-state index < -0.39 is 28.1 Å². The van der Waals surface area contributed by atoms with Crippen LogP contribution in [-0.4, -0.2) is 64.1 Å². The number of carboxylic acids is 1. The molecule has 0 aliphatic carbocycles. The van der Waals surface area contributed by atoms with Crippen molar-refractivity contribution >= 4 is 22.0 Å². The molecule has 0 saturated heterocycles. The predicted molar refractivity (Wildman–Crippen MR) is 71.9 cm³/mol. The van der Waals surface area contributed by atoms with E-state index in [0.717, 1.165) is 0 Å². The van der Waals surface area contributed by atoms with Gasteiger partial charge >= 0.3 is 12.0 Å². The van der Waals surface area contributed by atoms with Crippen LogP contribution in [0.2, 0.25) is 0 Å². The zero-order valence-corrected chi connectivity index (χ0v) is 12.3. The van der Waals surface area contributed by atoms with E-state index in [1.54, 1.807) is 6.92 Å². The normalized spacial score (nSPS) is 12.7. The summed E-state index contributed by atoms with van der Waals surface area (Å²) in [6.07, 6.45) is 0.120. The van der Waals surface area contributed by atoms with Crippen LogP contribution < -0.4 is 15.4 Å². The van der Waals surface area contributed by atoms with Crippen LogP contribution in [0.5, 0.6) is 0 Å². The summed E-state index contributed by atoms with van der Waals surface area (Å²) in [7, 11) is -1.99. The van der Waals surface area contributed by atoms with E-state index in [1.807, 2.05) is 0 Å². The molecule has 2 amide bonds. The van der Waals surface area contributed by atoms with Gasteiger partial charge in [0.05, 0.1) is 5.75 Å². The largest absolute Gasteiger partial charge is 0.480 e. The number of methoxy groups -OCH3 is 1. The van der Waals surface area contributed by atoms with Gasteiger partial charge in [0.25, 0.3) is 0 Å². The van der Waals surface area contributed by atoms with Crippen LogP contribution in [-0.2, 0) is 19.6 Å². The molecule has 0 fully saturated rings. The Balaban J connectivity index is 4.11. The van der Waals surface area contributed by atoms with Crippen molar-refractivity contribution in [3.05, 3.63) is 0 Å². The van der Waals surface area contributed by atoms with Gasteiger partial charge in [0, 0.05) is 33.2 Å². The van der Waals surface area contributed by atoms with Crippen LogP contribution in [0.1, 0.15) is 13.3 Å². The van der Waals surface area contributed by atoms with E-state index in [9.17, 15) is 18.0 Å². The molecule has 20 heavy (non-hydrogen) atoms. The Bertz CT molecular complexity index is 411. The van der Waals surface area contributed by atoms with Crippen molar-refractivity contribution in [2.45, 2.75) is 19.4 Å². The number of aliphatic carboxylic acids is 1. The first kappa shape index (κ1) is 18.6. The van der Waals surface area contributed by atoms with Crippen molar-refractivity contribution in [2.24, 2.45) is 0 Å². The molecule has 0 aromatic carbocycles. The number of carbonyl (C=O) groups excluding carboxylic acids is 1. The molecule has 4 N–H and O–H groups in total. The number of carboxylic acid groups (broad SMARTS) is 1.